The second-order valence-corrected chi connectivity index (χ2v) is 5.68. The summed E-state index contributed by atoms with van der Waals surface area (Å²) in [6.45, 7) is 5.27. The fourth-order valence-corrected chi connectivity index (χ4v) is 2.78. The van der Waals surface area contributed by atoms with E-state index in [4.69, 9.17) is 15.2 Å². The summed E-state index contributed by atoms with van der Waals surface area (Å²) in [7, 11) is 3.45. The largest absolute Gasteiger partial charge is 0.385 e. The van der Waals surface area contributed by atoms with Gasteiger partial charge in [0.2, 0.25) is 0 Å². The minimum absolute atomic E-state index is 0.0272. The Morgan fingerprint density at radius 2 is 1.90 bits per heavy atom. The minimum atomic E-state index is 0.0272. The molecule has 0 aliphatic carbocycles. The van der Waals surface area contributed by atoms with Crippen LogP contribution in [0.15, 0.2) is 22.7 Å². The molecule has 5 heteroatoms. The number of methoxy groups -OCH3 is 2. The maximum Gasteiger partial charge on any atom is 0.0637 e. The predicted molar refractivity (Wildman–Crippen MR) is 87.3 cm³/mol. The van der Waals surface area contributed by atoms with Gasteiger partial charge < -0.3 is 20.1 Å². The number of halogens is 1. The first-order chi connectivity index (χ1) is 9.60. The number of hydrogen-bond donors (Lipinski definition) is 1. The van der Waals surface area contributed by atoms with Crippen LogP contribution in [0.1, 0.15) is 24.9 Å². The van der Waals surface area contributed by atoms with E-state index < -0.39 is 0 Å². The molecule has 1 aromatic rings. The summed E-state index contributed by atoms with van der Waals surface area (Å²) in [5, 5.41) is 0. The van der Waals surface area contributed by atoms with Crippen molar-refractivity contribution < 1.29 is 9.47 Å². The molecule has 0 unspecified atom stereocenters. The van der Waals surface area contributed by atoms with Gasteiger partial charge in [-0.1, -0.05) is 22.0 Å². The molecule has 0 heterocycles. The van der Waals surface area contributed by atoms with Crippen molar-refractivity contribution in [3.8, 4) is 0 Å². The van der Waals surface area contributed by atoms with Crippen LogP contribution >= 0.6 is 15.9 Å². The molecule has 2 N–H and O–H groups in total. The zero-order valence-electron chi connectivity index (χ0n) is 12.6. The number of hydrogen-bond acceptors (Lipinski definition) is 4. The molecule has 0 aliphatic heterocycles. The number of anilines is 1. The Labute approximate surface area is 130 Å². The van der Waals surface area contributed by atoms with E-state index in [9.17, 15) is 0 Å². The summed E-state index contributed by atoms with van der Waals surface area (Å²) < 4.78 is 11.4. The van der Waals surface area contributed by atoms with Gasteiger partial charge in [-0.25, -0.2) is 0 Å². The quantitative estimate of drug-likeness (QED) is 0.699. The first kappa shape index (κ1) is 17.4. The second-order valence-electron chi connectivity index (χ2n) is 4.82. The van der Waals surface area contributed by atoms with E-state index in [0.717, 1.165) is 36.2 Å². The molecule has 20 heavy (non-hydrogen) atoms. The van der Waals surface area contributed by atoms with E-state index in [1.54, 1.807) is 14.2 Å². The lowest BCUT2D eigenvalue weighted by Crippen LogP contribution is -2.29. The van der Waals surface area contributed by atoms with Gasteiger partial charge in [-0.3, -0.25) is 0 Å². The van der Waals surface area contributed by atoms with Crippen molar-refractivity contribution in [3.05, 3.63) is 28.2 Å². The highest BCUT2D eigenvalue weighted by molar-refractivity contribution is 9.10. The lowest BCUT2D eigenvalue weighted by Gasteiger charge is -2.25. The molecule has 1 rings (SSSR count). The fourth-order valence-electron chi connectivity index (χ4n) is 2.05. The van der Waals surface area contributed by atoms with Crippen molar-refractivity contribution in [1.29, 1.82) is 0 Å². The third-order valence-corrected chi connectivity index (χ3v) is 3.87. The van der Waals surface area contributed by atoms with Gasteiger partial charge in [-0.15, -0.1) is 0 Å². The van der Waals surface area contributed by atoms with Gasteiger partial charge >= 0.3 is 0 Å². The first-order valence-electron chi connectivity index (χ1n) is 6.88. The predicted octanol–water partition coefficient (Wildman–Crippen LogP) is 2.96. The summed E-state index contributed by atoms with van der Waals surface area (Å²) >= 11 is 3.60. The number of nitrogens with two attached hydrogens (primary N) is 1. The van der Waals surface area contributed by atoms with Crippen LogP contribution < -0.4 is 10.6 Å². The van der Waals surface area contributed by atoms with Gasteiger partial charge in [0.05, 0.1) is 6.61 Å². The molecule has 0 amide bonds. The number of benzene rings is 1. The van der Waals surface area contributed by atoms with E-state index in [1.165, 1.54) is 5.69 Å². The number of ether oxygens (including phenoxy) is 2. The molecule has 0 fully saturated rings. The van der Waals surface area contributed by atoms with Crippen LogP contribution in [0.5, 0.6) is 0 Å². The Hall–Kier alpha value is -0.620. The first-order valence-corrected chi connectivity index (χ1v) is 7.67. The average Bonchev–Trinajstić information content (AvgIpc) is 2.42. The normalized spacial score (nSPS) is 12.4. The van der Waals surface area contributed by atoms with E-state index in [0.29, 0.717) is 6.61 Å². The zero-order chi connectivity index (χ0) is 15.0. The van der Waals surface area contributed by atoms with Crippen LogP contribution in [0.3, 0.4) is 0 Å². The van der Waals surface area contributed by atoms with Crippen LogP contribution in [0, 0.1) is 0 Å². The lowest BCUT2D eigenvalue weighted by atomic mass is 10.1. The second kappa shape index (κ2) is 9.34. The highest BCUT2D eigenvalue weighted by Crippen LogP contribution is 2.27. The molecule has 0 saturated heterocycles. The van der Waals surface area contributed by atoms with Gasteiger partial charge in [0, 0.05) is 50.1 Å². The SMILES string of the molecule is COCCCN(CCOC)c1ccc([C@H](C)N)c(Br)c1. The summed E-state index contributed by atoms with van der Waals surface area (Å²) in [6.07, 6.45) is 0.993. The van der Waals surface area contributed by atoms with Crippen LogP contribution in [-0.2, 0) is 9.47 Å². The maximum atomic E-state index is 5.94. The molecular weight excluding hydrogens is 320 g/mol. The average molecular weight is 345 g/mol. The van der Waals surface area contributed by atoms with Gasteiger partial charge in [0.15, 0.2) is 0 Å². The molecule has 1 atom stereocenters. The van der Waals surface area contributed by atoms with Gasteiger partial charge in [-0.2, -0.15) is 0 Å². The third-order valence-electron chi connectivity index (χ3n) is 3.18. The van der Waals surface area contributed by atoms with Gasteiger partial charge in [-0.05, 0) is 31.0 Å². The zero-order valence-corrected chi connectivity index (χ0v) is 14.1. The summed E-state index contributed by atoms with van der Waals surface area (Å²) in [4.78, 5) is 2.30. The summed E-state index contributed by atoms with van der Waals surface area (Å²) in [5.41, 5.74) is 8.24. The molecule has 1 aromatic carbocycles. The Bertz CT molecular complexity index is 399. The highest BCUT2D eigenvalue weighted by Gasteiger charge is 2.10. The summed E-state index contributed by atoms with van der Waals surface area (Å²) in [5.74, 6) is 0. The standard InChI is InChI=1S/C15H25BrN2O2/c1-12(17)14-6-5-13(11-15(14)16)18(8-10-20-3)7-4-9-19-2/h5-6,11-12H,4,7-10,17H2,1-3H3/t12-/m0/s1. The van der Waals surface area contributed by atoms with Crippen molar-refractivity contribution in [3.63, 3.8) is 0 Å². The highest BCUT2D eigenvalue weighted by atomic mass is 79.9. The van der Waals surface area contributed by atoms with Crippen LogP contribution in [-0.4, -0.2) is 40.5 Å². The topological polar surface area (TPSA) is 47.7 Å². The Kier molecular flexibility index (Phi) is 8.14. The van der Waals surface area contributed by atoms with Crippen molar-refractivity contribution in [1.82, 2.24) is 0 Å². The monoisotopic (exact) mass is 344 g/mol. The van der Waals surface area contributed by atoms with Gasteiger partial charge in [0.25, 0.3) is 0 Å². The Morgan fingerprint density at radius 3 is 2.45 bits per heavy atom. The smallest absolute Gasteiger partial charge is 0.0637 e. The summed E-state index contributed by atoms with van der Waals surface area (Å²) in [6, 6.07) is 6.35. The van der Waals surface area contributed by atoms with Crippen molar-refractivity contribution in [2.45, 2.75) is 19.4 Å². The maximum absolute atomic E-state index is 5.94. The third kappa shape index (κ3) is 5.40. The molecule has 0 bridgehead atoms. The molecule has 0 aromatic heterocycles. The molecule has 0 saturated carbocycles. The van der Waals surface area contributed by atoms with Gasteiger partial charge in [0.1, 0.15) is 0 Å². The molecule has 0 spiro atoms. The van der Waals surface area contributed by atoms with E-state index in [-0.39, 0.29) is 6.04 Å². The Morgan fingerprint density at radius 1 is 1.20 bits per heavy atom. The number of nitrogens with zero attached hydrogens (tertiary/aromatic N) is 1. The van der Waals surface area contributed by atoms with Crippen LogP contribution in [0.25, 0.3) is 0 Å². The molecule has 0 radical (unpaired) electrons. The molecular formula is C15H25BrN2O2. The van der Waals surface area contributed by atoms with Crippen LogP contribution in [0.2, 0.25) is 0 Å². The van der Waals surface area contributed by atoms with Crippen LogP contribution in [0.4, 0.5) is 5.69 Å². The molecule has 4 nitrogen and oxygen atoms in total. The molecule has 114 valence electrons. The van der Waals surface area contributed by atoms with E-state index in [1.807, 2.05) is 6.92 Å². The number of rotatable bonds is 9. The van der Waals surface area contributed by atoms with E-state index in [2.05, 4.69) is 39.0 Å². The molecule has 0 aliphatic rings. The lowest BCUT2D eigenvalue weighted by molar-refractivity contribution is 0.191. The van der Waals surface area contributed by atoms with Crippen molar-refractivity contribution in [2.24, 2.45) is 5.73 Å². The minimum Gasteiger partial charge on any atom is -0.385 e. The van der Waals surface area contributed by atoms with Crippen molar-refractivity contribution >= 4 is 21.6 Å². The fraction of sp³-hybridized carbons (Fsp3) is 0.600. The van der Waals surface area contributed by atoms with E-state index >= 15 is 0 Å². The van der Waals surface area contributed by atoms with Crippen molar-refractivity contribution in [2.75, 3.05) is 45.4 Å². The Balaban J connectivity index is 2.80.